The number of carbonyl (C=O) groups excluding carboxylic acids is 2. The Hall–Kier alpha value is -2.31. The minimum Gasteiger partial charge on any atom is -0.453 e. The average molecular weight is 279 g/mol. The predicted molar refractivity (Wildman–Crippen MR) is 69.0 cm³/mol. The van der Waals surface area contributed by atoms with Crippen LogP contribution in [0.4, 0.5) is 19.7 Å². The van der Waals surface area contributed by atoms with Gasteiger partial charge in [0.2, 0.25) is 0 Å². The molecule has 106 valence electrons. The van der Waals surface area contributed by atoms with E-state index in [0.29, 0.717) is 19.4 Å². The van der Waals surface area contributed by atoms with Crippen LogP contribution in [-0.4, -0.2) is 25.8 Å². The summed E-state index contributed by atoms with van der Waals surface area (Å²) in [7, 11) is 1.22. The number of carbonyl (C=O) groups is 2. The van der Waals surface area contributed by atoms with Crippen LogP contribution in [0, 0.1) is 5.82 Å². The first kappa shape index (κ1) is 12.7. The molecule has 0 bridgehead atoms. The Labute approximate surface area is 114 Å². The summed E-state index contributed by atoms with van der Waals surface area (Å²) in [6.45, 7) is 0.446. The van der Waals surface area contributed by atoms with Crippen molar-refractivity contribution >= 4 is 17.8 Å². The zero-order valence-corrected chi connectivity index (χ0v) is 10.9. The van der Waals surface area contributed by atoms with Crippen molar-refractivity contribution in [1.82, 2.24) is 10.6 Å². The van der Waals surface area contributed by atoms with Gasteiger partial charge in [-0.05, 0) is 36.1 Å². The van der Waals surface area contributed by atoms with Crippen molar-refractivity contribution in [1.29, 1.82) is 0 Å². The smallest absolute Gasteiger partial charge is 0.411 e. The third kappa shape index (κ3) is 1.86. The van der Waals surface area contributed by atoms with E-state index in [4.69, 9.17) is 0 Å². The lowest BCUT2D eigenvalue weighted by Gasteiger charge is -2.23. The van der Waals surface area contributed by atoms with Gasteiger partial charge in [-0.3, -0.25) is 5.32 Å². The van der Waals surface area contributed by atoms with Gasteiger partial charge >= 0.3 is 12.1 Å². The molecule has 1 unspecified atom stereocenters. The van der Waals surface area contributed by atoms with Gasteiger partial charge < -0.3 is 15.4 Å². The number of urea groups is 1. The normalized spacial score (nSPS) is 23.2. The average Bonchev–Trinajstić information content (AvgIpc) is 2.96. The molecule has 1 saturated heterocycles. The number of methoxy groups -OCH3 is 1. The van der Waals surface area contributed by atoms with E-state index in [-0.39, 0.29) is 11.7 Å². The van der Waals surface area contributed by atoms with Crippen LogP contribution >= 0.6 is 0 Å². The number of fused-ring (bicyclic) bond motifs is 2. The lowest BCUT2D eigenvalue weighted by molar-refractivity contribution is 0.186. The number of halogens is 1. The Balaban J connectivity index is 1.96. The van der Waals surface area contributed by atoms with Crippen LogP contribution in [0.2, 0.25) is 0 Å². The van der Waals surface area contributed by atoms with E-state index in [1.54, 1.807) is 6.07 Å². The molecule has 1 aliphatic heterocycles. The van der Waals surface area contributed by atoms with E-state index >= 15 is 0 Å². The Morgan fingerprint density at radius 3 is 2.95 bits per heavy atom. The maximum absolute atomic E-state index is 14.1. The fourth-order valence-electron chi connectivity index (χ4n) is 2.86. The molecule has 1 aromatic rings. The highest BCUT2D eigenvalue weighted by atomic mass is 19.1. The molecular weight excluding hydrogens is 265 g/mol. The lowest BCUT2D eigenvalue weighted by Crippen LogP contribution is -2.38. The molecule has 0 aromatic heterocycles. The Morgan fingerprint density at radius 2 is 2.30 bits per heavy atom. The van der Waals surface area contributed by atoms with E-state index in [9.17, 15) is 14.0 Å². The van der Waals surface area contributed by atoms with Crippen LogP contribution in [0.25, 0.3) is 0 Å². The fraction of sp³-hybridized carbons (Fsp3) is 0.385. The first-order valence-electron chi connectivity index (χ1n) is 6.28. The molecule has 0 radical (unpaired) electrons. The summed E-state index contributed by atoms with van der Waals surface area (Å²) in [5, 5.41) is 7.90. The molecule has 7 heteroatoms. The standard InChI is InChI=1S/C13H14FN3O3/c1-20-12(19)16-10-4-7-2-3-13(6-15-11(18)17-13)8(7)5-9(10)14/h4-5H,2-3,6H2,1H3,(H,16,19)(H2,15,17,18). The van der Waals surface area contributed by atoms with Crippen LogP contribution < -0.4 is 16.0 Å². The molecule has 1 aromatic carbocycles. The van der Waals surface area contributed by atoms with Crippen molar-refractivity contribution in [3.63, 3.8) is 0 Å². The summed E-state index contributed by atoms with van der Waals surface area (Å²) in [4.78, 5) is 22.5. The van der Waals surface area contributed by atoms with E-state index in [1.165, 1.54) is 13.2 Å². The summed E-state index contributed by atoms with van der Waals surface area (Å²) >= 11 is 0. The number of hydrogen-bond donors (Lipinski definition) is 3. The quantitative estimate of drug-likeness (QED) is 0.728. The van der Waals surface area contributed by atoms with E-state index < -0.39 is 17.4 Å². The minimum absolute atomic E-state index is 0.0879. The molecule has 1 spiro atoms. The van der Waals surface area contributed by atoms with Crippen LogP contribution in [0.5, 0.6) is 0 Å². The number of aryl methyl sites for hydroxylation is 1. The second-order valence-electron chi connectivity index (χ2n) is 5.00. The maximum atomic E-state index is 14.1. The Morgan fingerprint density at radius 1 is 1.50 bits per heavy atom. The van der Waals surface area contributed by atoms with Crippen molar-refractivity contribution in [3.8, 4) is 0 Å². The molecule has 3 amide bonds. The molecular formula is C13H14FN3O3. The zero-order valence-electron chi connectivity index (χ0n) is 10.9. The second kappa shape index (κ2) is 4.36. The number of nitrogens with one attached hydrogen (secondary N) is 3. The number of ether oxygens (including phenoxy) is 1. The van der Waals surface area contributed by atoms with Crippen molar-refractivity contribution < 1.29 is 18.7 Å². The van der Waals surface area contributed by atoms with Crippen LogP contribution in [0.15, 0.2) is 12.1 Å². The van der Waals surface area contributed by atoms with Crippen LogP contribution in [-0.2, 0) is 16.7 Å². The third-order valence-electron chi connectivity index (χ3n) is 3.86. The summed E-state index contributed by atoms with van der Waals surface area (Å²) in [5.74, 6) is -0.545. The van der Waals surface area contributed by atoms with Gasteiger partial charge in [0.15, 0.2) is 0 Å². The maximum Gasteiger partial charge on any atom is 0.411 e. The van der Waals surface area contributed by atoms with Gasteiger partial charge in [-0.25, -0.2) is 14.0 Å². The van der Waals surface area contributed by atoms with Crippen molar-refractivity contribution in [2.75, 3.05) is 19.0 Å². The van der Waals surface area contributed by atoms with Gasteiger partial charge in [0.1, 0.15) is 5.82 Å². The first-order valence-corrected chi connectivity index (χ1v) is 6.28. The Bertz CT molecular complexity index is 605. The van der Waals surface area contributed by atoms with Gasteiger partial charge in [0.25, 0.3) is 0 Å². The van der Waals surface area contributed by atoms with E-state index in [0.717, 1.165) is 11.1 Å². The summed E-state index contributed by atoms with van der Waals surface area (Å²) in [6, 6.07) is 2.73. The topological polar surface area (TPSA) is 79.5 Å². The summed E-state index contributed by atoms with van der Waals surface area (Å²) in [6.07, 6.45) is 0.711. The highest BCUT2D eigenvalue weighted by molar-refractivity contribution is 5.85. The minimum atomic E-state index is -0.715. The van der Waals surface area contributed by atoms with Crippen molar-refractivity contribution in [2.24, 2.45) is 0 Å². The second-order valence-corrected chi connectivity index (χ2v) is 5.00. The molecule has 1 heterocycles. The monoisotopic (exact) mass is 279 g/mol. The highest BCUT2D eigenvalue weighted by Crippen LogP contribution is 2.40. The molecule has 1 atom stereocenters. The van der Waals surface area contributed by atoms with Crippen molar-refractivity contribution in [2.45, 2.75) is 18.4 Å². The molecule has 3 rings (SSSR count). The van der Waals surface area contributed by atoms with Crippen molar-refractivity contribution in [3.05, 3.63) is 29.1 Å². The molecule has 20 heavy (non-hydrogen) atoms. The van der Waals surface area contributed by atoms with Crippen LogP contribution in [0.3, 0.4) is 0 Å². The van der Waals surface area contributed by atoms with Gasteiger partial charge in [0, 0.05) is 6.54 Å². The van der Waals surface area contributed by atoms with Crippen LogP contribution in [0.1, 0.15) is 17.5 Å². The lowest BCUT2D eigenvalue weighted by atomic mass is 9.92. The summed E-state index contributed by atoms with van der Waals surface area (Å²) in [5.41, 5.74) is 1.24. The first-order chi connectivity index (χ1) is 9.54. The summed E-state index contributed by atoms with van der Waals surface area (Å²) < 4.78 is 18.5. The largest absolute Gasteiger partial charge is 0.453 e. The number of amides is 3. The molecule has 2 aliphatic rings. The van der Waals surface area contributed by atoms with E-state index in [1.807, 2.05) is 0 Å². The molecule has 6 nitrogen and oxygen atoms in total. The highest BCUT2D eigenvalue weighted by Gasteiger charge is 2.44. The molecule has 3 N–H and O–H groups in total. The van der Waals surface area contributed by atoms with Gasteiger partial charge in [-0.1, -0.05) is 0 Å². The zero-order chi connectivity index (χ0) is 14.3. The Kier molecular flexibility index (Phi) is 2.77. The van der Waals surface area contributed by atoms with E-state index in [2.05, 4.69) is 20.7 Å². The number of rotatable bonds is 1. The van der Waals surface area contributed by atoms with Gasteiger partial charge in [0.05, 0.1) is 18.3 Å². The third-order valence-corrected chi connectivity index (χ3v) is 3.86. The molecule has 0 saturated carbocycles. The molecule has 1 fully saturated rings. The SMILES string of the molecule is COC(=O)Nc1cc2c(cc1F)C1(CC2)CNC(=O)N1. The fourth-order valence-corrected chi connectivity index (χ4v) is 2.86. The number of hydrogen-bond acceptors (Lipinski definition) is 3. The molecule has 1 aliphatic carbocycles. The predicted octanol–water partition coefficient (Wildman–Crippen LogP) is 1.46. The van der Waals surface area contributed by atoms with Gasteiger partial charge in [-0.15, -0.1) is 0 Å². The number of anilines is 1. The van der Waals surface area contributed by atoms with Gasteiger partial charge in [-0.2, -0.15) is 0 Å². The number of benzene rings is 1.